The van der Waals surface area contributed by atoms with Gasteiger partial charge < -0.3 is 4.90 Å². The Hall–Kier alpha value is -1.59. The number of fused-ring (bicyclic) bond motifs is 2. The third-order valence-electron chi connectivity index (χ3n) is 3.88. The minimum absolute atomic E-state index is 0.129. The van der Waals surface area contributed by atoms with E-state index in [1.165, 1.54) is 12.3 Å². The monoisotopic (exact) mass is 270 g/mol. The normalized spacial score (nSPS) is 26.9. The van der Waals surface area contributed by atoms with Gasteiger partial charge in [-0.05, 0) is 25.0 Å². The fourth-order valence-corrected chi connectivity index (χ4v) is 3.10. The van der Waals surface area contributed by atoms with Crippen LogP contribution in [-0.4, -0.2) is 22.9 Å². The number of alkyl halides is 3. The molecule has 3 rings (SSSR count). The van der Waals surface area contributed by atoms with Gasteiger partial charge in [-0.1, -0.05) is 0 Å². The molecule has 0 spiro atoms. The van der Waals surface area contributed by atoms with E-state index in [2.05, 4.69) is 9.88 Å². The van der Waals surface area contributed by atoms with Gasteiger partial charge in [0.15, 0.2) is 0 Å². The van der Waals surface area contributed by atoms with E-state index >= 15 is 0 Å². The second kappa shape index (κ2) is 4.21. The van der Waals surface area contributed by atoms with Gasteiger partial charge in [-0.15, -0.1) is 0 Å². The summed E-state index contributed by atoms with van der Waals surface area (Å²) in [6, 6.07) is 2.72. The van der Waals surface area contributed by atoms with Gasteiger partial charge in [0.05, 0.1) is 11.9 Å². The Balaban J connectivity index is 1.86. The largest absolute Gasteiger partial charge is 0.433 e. The van der Waals surface area contributed by atoms with Crippen LogP contribution in [0.1, 0.15) is 31.4 Å². The first kappa shape index (κ1) is 12.4. The van der Waals surface area contributed by atoms with Crippen molar-refractivity contribution < 1.29 is 18.0 Å². The predicted molar refractivity (Wildman–Crippen MR) is 62.8 cm³/mol. The molecule has 0 N–H and O–H groups in total. The Labute approximate surface area is 108 Å². The van der Waals surface area contributed by atoms with Crippen LogP contribution in [0.15, 0.2) is 18.3 Å². The summed E-state index contributed by atoms with van der Waals surface area (Å²) in [6.45, 7) is 0. The van der Waals surface area contributed by atoms with Crippen LogP contribution in [0, 0.1) is 0 Å². The zero-order valence-corrected chi connectivity index (χ0v) is 10.2. The number of pyridine rings is 1. The number of nitrogens with zero attached hydrogens (tertiary/aromatic N) is 2. The standard InChI is InChI=1S/C13H13F3N2O/c14-13(15,16)12-4-3-10(7-17-12)18-8-1-2-9(18)6-11(19)5-8/h3-4,7-9H,1-2,5-6H2. The van der Waals surface area contributed by atoms with Crippen molar-refractivity contribution in [2.24, 2.45) is 0 Å². The first-order chi connectivity index (χ1) is 8.95. The number of hydrogen-bond acceptors (Lipinski definition) is 3. The molecule has 19 heavy (non-hydrogen) atoms. The van der Waals surface area contributed by atoms with Crippen LogP contribution in [-0.2, 0) is 11.0 Å². The number of rotatable bonds is 1. The van der Waals surface area contributed by atoms with Crippen LogP contribution in [0.25, 0.3) is 0 Å². The minimum atomic E-state index is -4.41. The van der Waals surface area contributed by atoms with Crippen molar-refractivity contribution in [3.63, 3.8) is 0 Å². The van der Waals surface area contributed by atoms with Gasteiger partial charge in [0, 0.05) is 24.9 Å². The molecule has 2 aliphatic rings. The summed E-state index contributed by atoms with van der Waals surface area (Å²) in [5.41, 5.74) is -0.190. The summed E-state index contributed by atoms with van der Waals surface area (Å²) in [7, 11) is 0. The number of hydrogen-bond donors (Lipinski definition) is 0. The second-order valence-electron chi connectivity index (χ2n) is 5.14. The Kier molecular flexibility index (Phi) is 2.76. The summed E-state index contributed by atoms with van der Waals surface area (Å²) < 4.78 is 37.4. The average molecular weight is 270 g/mol. The third-order valence-corrected chi connectivity index (χ3v) is 3.88. The summed E-state index contributed by atoms with van der Waals surface area (Å²) >= 11 is 0. The molecule has 3 nitrogen and oxygen atoms in total. The van der Waals surface area contributed by atoms with Gasteiger partial charge in [0.1, 0.15) is 11.5 Å². The number of carbonyl (C=O) groups excluding carboxylic acids is 1. The number of anilines is 1. The molecular formula is C13H13F3N2O. The number of ketones is 1. The van der Waals surface area contributed by atoms with Crippen LogP contribution in [0.2, 0.25) is 0 Å². The van der Waals surface area contributed by atoms with Crippen molar-refractivity contribution in [3.05, 3.63) is 24.0 Å². The highest BCUT2D eigenvalue weighted by Gasteiger charge is 2.40. The lowest BCUT2D eigenvalue weighted by Gasteiger charge is -2.35. The quantitative estimate of drug-likeness (QED) is 0.786. The van der Waals surface area contributed by atoms with Crippen LogP contribution in [0.4, 0.5) is 18.9 Å². The average Bonchev–Trinajstić information content (AvgIpc) is 2.61. The molecule has 0 saturated carbocycles. The molecule has 0 radical (unpaired) electrons. The second-order valence-corrected chi connectivity index (χ2v) is 5.14. The highest BCUT2D eigenvalue weighted by atomic mass is 19.4. The van der Waals surface area contributed by atoms with Gasteiger partial charge in [-0.2, -0.15) is 13.2 Å². The highest BCUT2D eigenvalue weighted by Crippen LogP contribution is 2.38. The smallest absolute Gasteiger partial charge is 0.363 e. The van der Waals surface area contributed by atoms with Crippen LogP contribution in [0.3, 0.4) is 0 Å². The third kappa shape index (κ3) is 2.19. The van der Waals surface area contributed by atoms with Gasteiger partial charge in [0.2, 0.25) is 0 Å². The SMILES string of the molecule is O=C1CC2CCC(C1)N2c1ccc(C(F)(F)F)nc1. The molecule has 1 aromatic heterocycles. The first-order valence-corrected chi connectivity index (χ1v) is 6.28. The van der Waals surface area contributed by atoms with Crippen LogP contribution in [0.5, 0.6) is 0 Å². The molecule has 3 heterocycles. The van der Waals surface area contributed by atoms with E-state index in [0.717, 1.165) is 18.9 Å². The molecule has 102 valence electrons. The van der Waals surface area contributed by atoms with E-state index in [1.807, 2.05) is 0 Å². The van der Waals surface area contributed by atoms with Crippen LogP contribution >= 0.6 is 0 Å². The molecule has 6 heteroatoms. The van der Waals surface area contributed by atoms with E-state index < -0.39 is 11.9 Å². The maximum Gasteiger partial charge on any atom is 0.433 e. The number of Topliss-reactive ketones (excluding diaryl/α,β-unsaturated/α-hetero) is 1. The molecule has 2 saturated heterocycles. The minimum Gasteiger partial charge on any atom is -0.363 e. The van der Waals surface area contributed by atoms with E-state index in [0.29, 0.717) is 18.5 Å². The van der Waals surface area contributed by atoms with Gasteiger partial charge in [-0.25, -0.2) is 4.98 Å². The van der Waals surface area contributed by atoms with Crippen molar-refractivity contribution in [1.82, 2.24) is 4.98 Å². The van der Waals surface area contributed by atoms with Crippen molar-refractivity contribution in [3.8, 4) is 0 Å². The number of piperidine rings is 1. The lowest BCUT2D eigenvalue weighted by molar-refractivity contribution is -0.141. The number of carbonyl (C=O) groups is 1. The molecule has 0 amide bonds. The zero-order chi connectivity index (χ0) is 13.6. The maximum atomic E-state index is 12.5. The zero-order valence-electron chi connectivity index (χ0n) is 10.2. The fourth-order valence-electron chi connectivity index (χ4n) is 3.10. The Morgan fingerprint density at radius 2 is 1.79 bits per heavy atom. The first-order valence-electron chi connectivity index (χ1n) is 6.28. The number of halogens is 3. The van der Waals surface area contributed by atoms with Crippen molar-refractivity contribution in [1.29, 1.82) is 0 Å². The molecule has 0 aliphatic carbocycles. The summed E-state index contributed by atoms with van der Waals surface area (Å²) in [6.07, 6.45) is -0.288. The molecule has 1 aromatic rings. The summed E-state index contributed by atoms with van der Waals surface area (Å²) in [4.78, 5) is 17.0. The van der Waals surface area contributed by atoms with Crippen molar-refractivity contribution in [2.75, 3.05) is 4.90 Å². The van der Waals surface area contributed by atoms with E-state index in [9.17, 15) is 18.0 Å². The highest BCUT2D eigenvalue weighted by molar-refractivity contribution is 5.83. The van der Waals surface area contributed by atoms with E-state index in [1.54, 1.807) is 0 Å². The fraction of sp³-hybridized carbons (Fsp3) is 0.538. The van der Waals surface area contributed by atoms with Crippen molar-refractivity contribution in [2.45, 2.75) is 43.9 Å². The topological polar surface area (TPSA) is 33.2 Å². The molecule has 2 unspecified atom stereocenters. The Morgan fingerprint density at radius 1 is 1.16 bits per heavy atom. The summed E-state index contributed by atoms with van der Waals surface area (Å²) in [5, 5.41) is 0. The van der Waals surface area contributed by atoms with Gasteiger partial charge in [-0.3, -0.25) is 4.79 Å². The lowest BCUT2D eigenvalue weighted by atomic mass is 10.0. The molecule has 2 aliphatic heterocycles. The predicted octanol–water partition coefficient (Wildman–Crippen LogP) is 2.80. The van der Waals surface area contributed by atoms with Crippen molar-refractivity contribution >= 4 is 11.5 Å². The van der Waals surface area contributed by atoms with Gasteiger partial charge >= 0.3 is 6.18 Å². The molecule has 2 atom stereocenters. The molecule has 2 fully saturated rings. The maximum absolute atomic E-state index is 12.5. The lowest BCUT2D eigenvalue weighted by Crippen LogP contribution is -2.43. The number of aromatic nitrogens is 1. The molecular weight excluding hydrogens is 257 g/mol. The van der Waals surface area contributed by atoms with Crippen LogP contribution < -0.4 is 4.90 Å². The Bertz CT molecular complexity index is 482. The van der Waals surface area contributed by atoms with Gasteiger partial charge in [0.25, 0.3) is 0 Å². The summed E-state index contributed by atoms with van der Waals surface area (Å²) in [5.74, 6) is 0.253. The Morgan fingerprint density at radius 3 is 2.26 bits per heavy atom. The molecule has 2 bridgehead atoms. The van der Waals surface area contributed by atoms with E-state index in [4.69, 9.17) is 0 Å². The van der Waals surface area contributed by atoms with E-state index in [-0.39, 0.29) is 17.9 Å². The molecule has 0 aromatic carbocycles.